The van der Waals surface area contributed by atoms with Gasteiger partial charge in [-0.05, 0) is 24.9 Å². The molecule has 0 fully saturated rings. The summed E-state index contributed by atoms with van der Waals surface area (Å²) < 4.78 is 37.0. The fourth-order valence-corrected chi connectivity index (χ4v) is 2.46. The highest BCUT2D eigenvalue weighted by atomic mass is 19.4. The number of hydrogen-bond donors (Lipinski definition) is 2. The Morgan fingerprint density at radius 1 is 0.862 bits per heavy atom. The van der Waals surface area contributed by atoms with Gasteiger partial charge in [0, 0.05) is 6.42 Å². The molecule has 0 radical (unpaired) electrons. The number of ether oxygens (including phenoxy) is 1. The maximum Gasteiger partial charge on any atom is 0.490 e. The Labute approximate surface area is 170 Å². The van der Waals surface area contributed by atoms with Crippen LogP contribution in [0.4, 0.5) is 13.2 Å². The van der Waals surface area contributed by atoms with Gasteiger partial charge in [0.05, 0.1) is 0 Å². The van der Waals surface area contributed by atoms with Crippen molar-refractivity contribution in [3.05, 3.63) is 35.9 Å². The Kier molecular flexibility index (Phi) is 15.6. The number of carbonyl (C=O) groups is 2. The molecule has 8 heteroatoms. The van der Waals surface area contributed by atoms with E-state index >= 15 is 0 Å². The molecule has 166 valence electrons. The fourth-order valence-electron chi connectivity index (χ4n) is 2.46. The number of halogens is 3. The summed E-state index contributed by atoms with van der Waals surface area (Å²) in [7, 11) is 0. The van der Waals surface area contributed by atoms with Crippen LogP contribution in [0.5, 0.6) is 0 Å². The van der Waals surface area contributed by atoms with E-state index in [1.165, 1.54) is 38.5 Å². The third kappa shape index (κ3) is 17.7. The van der Waals surface area contributed by atoms with E-state index in [9.17, 15) is 18.0 Å². The minimum absolute atomic E-state index is 0.0781. The Morgan fingerprint density at radius 2 is 1.31 bits per heavy atom. The molecule has 0 saturated carbocycles. The van der Waals surface area contributed by atoms with Crippen LogP contribution in [-0.4, -0.2) is 29.8 Å². The molecule has 0 aliphatic rings. The molecule has 0 atom stereocenters. The zero-order valence-electron chi connectivity index (χ0n) is 16.8. The molecule has 0 spiro atoms. The van der Waals surface area contributed by atoms with E-state index in [0.717, 1.165) is 31.4 Å². The largest absolute Gasteiger partial charge is 0.490 e. The Balaban J connectivity index is 0.000000956. The Morgan fingerprint density at radius 3 is 1.76 bits per heavy atom. The second kappa shape index (κ2) is 16.8. The van der Waals surface area contributed by atoms with Crippen LogP contribution in [-0.2, 0) is 20.9 Å². The molecule has 0 aliphatic heterocycles. The summed E-state index contributed by atoms with van der Waals surface area (Å²) >= 11 is 0. The van der Waals surface area contributed by atoms with Gasteiger partial charge in [0.25, 0.3) is 0 Å². The lowest BCUT2D eigenvalue weighted by atomic mass is 10.1. The predicted octanol–water partition coefficient (Wildman–Crippen LogP) is 5.22. The second-order valence-corrected chi connectivity index (χ2v) is 6.67. The van der Waals surface area contributed by atoms with Crippen LogP contribution in [0.1, 0.15) is 69.8 Å². The standard InChI is InChI=1S/C19H31NO2.C2HF3O2/c20-16-12-7-5-3-1-2-4-6-11-15-19(21)22-17-18-13-9-8-10-14-18;3-2(4,5)1(6)7/h8-10,13-14H,1-7,11-12,15-17,20H2;(H,6,7). The van der Waals surface area contributed by atoms with Gasteiger partial charge in [-0.1, -0.05) is 75.3 Å². The zero-order valence-corrected chi connectivity index (χ0v) is 16.8. The minimum atomic E-state index is -5.08. The smallest absolute Gasteiger partial charge is 0.475 e. The first-order valence-electron chi connectivity index (χ1n) is 9.97. The lowest BCUT2D eigenvalue weighted by molar-refractivity contribution is -0.192. The molecular weight excluding hydrogens is 387 g/mol. The van der Waals surface area contributed by atoms with Crippen LogP contribution in [0.2, 0.25) is 0 Å². The van der Waals surface area contributed by atoms with Gasteiger partial charge in [-0.25, -0.2) is 4.79 Å². The molecule has 0 bridgehead atoms. The molecule has 0 aliphatic carbocycles. The summed E-state index contributed by atoms with van der Waals surface area (Å²) in [6.45, 7) is 1.21. The number of benzene rings is 1. The summed E-state index contributed by atoms with van der Waals surface area (Å²) in [5.41, 5.74) is 6.51. The van der Waals surface area contributed by atoms with Gasteiger partial charge in [-0.3, -0.25) is 4.79 Å². The maximum atomic E-state index is 11.6. The highest BCUT2D eigenvalue weighted by molar-refractivity contribution is 5.73. The van der Waals surface area contributed by atoms with E-state index in [-0.39, 0.29) is 5.97 Å². The molecule has 0 amide bonds. The normalized spacial score (nSPS) is 10.8. The van der Waals surface area contributed by atoms with Crippen LogP contribution >= 0.6 is 0 Å². The van der Waals surface area contributed by atoms with E-state index in [0.29, 0.717) is 13.0 Å². The number of esters is 1. The maximum absolute atomic E-state index is 11.6. The molecule has 1 aromatic rings. The van der Waals surface area contributed by atoms with Crippen molar-refractivity contribution in [2.45, 2.75) is 77.0 Å². The molecule has 0 aromatic heterocycles. The number of carboxylic acid groups (broad SMARTS) is 1. The van der Waals surface area contributed by atoms with Gasteiger partial charge in [-0.2, -0.15) is 13.2 Å². The third-order valence-electron chi connectivity index (χ3n) is 4.07. The first-order chi connectivity index (χ1) is 13.8. The molecule has 1 aromatic carbocycles. The summed E-state index contributed by atoms with van der Waals surface area (Å²) in [4.78, 5) is 20.5. The lowest BCUT2D eigenvalue weighted by Crippen LogP contribution is -2.21. The van der Waals surface area contributed by atoms with Crippen molar-refractivity contribution < 1.29 is 32.6 Å². The van der Waals surface area contributed by atoms with Gasteiger partial charge in [0.1, 0.15) is 6.61 Å². The van der Waals surface area contributed by atoms with Crippen LogP contribution in [0.15, 0.2) is 30.3 Å². The van der Waals surface area contributed by atoms with Gasteiger partial charge >= 0.3 is 18.1 Å². The third-order valence-corrected chi connectivity index (χ3v) is 4.07. The fraction of sp³-hybridized carbons (Fsp3) is 0.619. The number of alkyl halides is 3. The number of carbonyl (C=O) groups excluding carboxylic acids is 1. The number of rotatable bonds is 13. The number of aliphatic carboxylic acids is 1. The van der Waals surface area contributed by atoms with Crippen molar-refractivity contribution in [3.63, 3.8) is 0 Å². The minimum Gasteiger partial charge on any atom is -0.475 e. The first-order valence-corrected chi connectivity index (χ1v) is 9.97. The SMILES string of the molecule is NCCCCCCCCCCCC(=O)OCc1ccccc1.O=C(O)C(F)(F)F. The number of carboxylic acids is 1. The average Bonchev–Trinajstić information content (AvgIpc) is 2.68. The van der Waals surface area contributed by atoms with Crippen molar-refractivity contribution in [3.8, 4) is 0 Å². The van der Waals surface area contributed by atoms with E-state index in [2.05, 4.69) is 0 Å². The van der Waals surface area contributed by atoms with Crippen LogP contribution < -0.4 is 5.73 Å². The average molecular weight is 419 g/mol. The first kappa shape index (κ1) is 26.9. The molecule has 5 nitrogen and oxygen atoms in total. The van der Waals surface area contributed by atoms with E-state index in [4.69, 9.17) is 20.4 Å². The zero-order chi connectivity index (χ0) is 22.0. The molecule has 0 unspecified atom stereocenters. The van der Waals surface area contributed by atoms with Crippen molar-refractivity contribution in [2.24, 2.45) is 5.73 Å². The van der Waals surface area contributed by atoms with Gasteiger partial charge < -0.3 is 15.6 Å². The van der Waals surface area contributed by atoms with E-state index < -0.39 is 12.1 Å². The molecular formula is C21H32F3NO4. The van der Waals surface area contributed by atoms with Crippen molar-refractivity contribution in [1.29, 1.82) is 0 Å². The van der Waals surface area contributed by atoms with Crippen LogP contribution in [0.3, 0.4) is 0 Å². The van der Waals surface area contributed by atoms with E-state index in [1.807, 2.05) is 30.3 Å². The predicted molar refractivity (Wildman–Crippen MR) is 105 cm³/mol. The van der Waals surface area contributed by atoms with Gasteiger partial charge in [0.15, 0.2) is 0 Å². The number of unbranched alkanes of at least 4 members (excludes halogenated alkanes) is 8. The van der Waals surface area contributed by atoms with Gasteiger partial charge in [-0.15, -0.1) is 0 Å². The Hall–Kier alpha value is -2.09. The topological polar surface area (TPSA) is 89.6 Å². The quantitative estimate of drug-likeness (QED) is 0.338. The van der Waals surface area contributed by atoms with Gasteiger partial charge in [0.2, 0.25) is 0 Å². The number of hydrogen-bond acceptors (Lipinski definition) is 4. The highest BCUT2D eigenvalue weighted by Gasteiger charge is 2.38. The molecule has 0 saturated heterocycles. The van der Waals surface area contributed by atoms with Crippen LogP contribution in [0.25, 0.3) is 0 Å². The van der Waals surface area contributed by atoms with E-state index in [1.54, 1.807) is 0 Å². The molecule has 0 heterocycles. The van der Waals surface area contributed by atoms with Crippen LogP contribution in [0, 0.1) is 0 Å². The molecule has 3 N–H and O–H groups in total. The second-order valence-electron chi connectivity index (χ2n) is 6.67. The summed E-state index contributed by atoms with van der Waals surface area (Å²) in [6.07, 6.45) is 6.40. The summed E-state index contributed by atoms with van der Waals surface area (Å²) in [5, 5.41) is 7.12. The monoisotopic (exact) mass is 419 g/mol. The van der Waals surface area contributed by atoms with Crippen molar-refractivity contribution in [1.82, 2.24) is 0 Å². The summed E-state index contributed by atoms with van der Waals surface area (Å²) in [5.74, 6) is -2.84. The molecule has 1 rings (SSSR count). The summed E-state index contributed by atoms with van der Waals surface area (Å²) in [6, 6.07) is 9.82. The molecule has 29 heavy (non-hydrogen) atoms. The Bertz CT molecular complexity index is 551. The van der Waals surface area contributed by atoms with Crippen molar-refractivity contribution >= 4 is 11.9 Å². The van der Waals surface area contributed by atoms with Crippen molar-refractivity contribution in [2.75, 3.05) is 6.54 Å². The number of nitrogens with two attached hydrogens (primary N) is 1. The lowest BCUT2D eigenvalue weighted by Gasteiger charge is -2.05. The highest BCUT2D eigenvalue weighted by Crippen LogP contribution is 2.13.